The average molecular weight is 431 g/mol. The molecule has 0 bridgehead atoms. The second kappa shape index (κ2) is 9.31. The lowest BCUT2D eigenvalue weighted by atomic mass is 9.68. The number of hydrogen-bond donors (Lipinski definition) is 0. The Bertz CT molecular complexity index is 862. The maximum Gasteiger partial charge on any atom is 0.0850 e. The van der Waals surface area contributed by atoms with Gasteiger partial charge in [0, 0.05) is 6.42 Å². The maximum atomic E-state index is 5.46. The molecule has 32 heavy (non-hydrogen) atoms. The lowest BCUT2D eigenvalue weighted by Gasteiger charge is -2.38. The molecule has 170 valence electrons. The van der Waals surface area contributed by atoms with Gasteiger partial charge in [0.05, 0.1) is 25.4 Å². The minimum atomic E-state index is 0.465. The molecule has 2 saturated heterocycles. The van der Waals surface area contributed by atoms with E-state index >= 15 is 0 Å². The molecular weight excluding hydrogens is 392 g/mol. The van der Waals surface area contributed by atoms with E-state index in [2.05, 4.69) is 48.5 Å². The van der Waals surface area contributed by atoms with Crippen LogP contribution in [-0.2, 0) is 15.9 Å². The third-order valence-electron chi connectivity index (χ3n) is 8.86. The third kappa shape index (κ3) is 5.13. The SMILES string of the molecule is c1cc(-c2ccc(C3CCC(C4CCC(CC5CO5)CC4)CC3)cc2)ccc1CC1CO1. The number of rotatable bonds is 7. The molecule has 4 aliphatic rings. The molecule has 2 atom stereocenters. The third-order valence-corrected chi connectivity index (χ3v) is 8.86. The maximum absolute atomic E-state index is 5.46. The molecule has 6 rings (SSSR count). The van der Waals surface area contributed by atoms with Crippen molar-refractivity contribution in [2.24, 2.45) is 17.8 Å². The van der Waals surface area contributed by atoms with Crippen molar-refractivity contribution >= 4 is 0 Å². The van der Waals surface area contributed by atoms with Crippen molar-refractivity contribution in [3.8, 4) is 11.1 Å². The Hall–Kier alpha value is -1.64. The Morgan fingerprint density at radius 2 is 1.12 bits per heavy atom. The lowest BCUT2D eigenvalue weighted by Crippen LogP contribution is -2.25. The molecule has 2 aliphatic carbocycles. The van der Waals surface area contributed by atoms with Gasteiger partial charge in [-0.15, -0.1) is 0 Å². The topological polar surface area (TPSA) is 25.1 Å². The van der Waals surface area contributed by atoms with Crippen molar-refractivity contribution < 1.29 is 9.47 Å². The van der Waals surface area contributed by atoms with E-state index in [1.807, 2.05) is 0 Å². The molecule has 2 heteroatoms. The summed E-state index contributed by atoms with van der Waals surface area (Å²) in [5, 5.41) is 0. The summed E-state index contributed by atoms with van der Waals surface area (Å²) in [6.45, 7) is 1.97. The summed E-state index contributed by atoms with van der Waals surface area (Å²) in [4.78, 5) is 0. The van der Waals surface area contributed by atoms with Gasteiger partial charge in [0.15, 0.2) is 0 Å². The first-order valence-electron chi connectivity index (χ1n) is 13.2. The van der Waals surface area contributed by atoms with Crippen LogP contribution in [0.4, 0.5) is 0 Å². The number of ether oxygens (including phenoxy) is 2. The van der Waals surface area contributed by atoms with Gasteiger partial charge >= 0.3 is 0 Å². The first-order valence-corrected chi connectivity index (χ1v) is 13.2. The molecule has 0 amide bonds. The molecule has 0 aromatic heterocycles. The summed E-state index contributed by atoms with van der Waals surface area (Å²) < 4.78 is 10.8. The van der Waals surface area contributed by atoms with Crippen molar-refractivity contribution in [2.45, 2.75) is 82.3 Å². The van der Waals surface area contributed by atoms with Gasteiger partial charge in [0.2, 0.25) is 0 Å². The van der Waals surface area contributed by atoms with Crippen LogP contribution in [0, 0.1) is 17.8 Å². The highest BCUT2D eigenvalue weighted by Gasteiger charge is 2.33. The predicted molar refractivity (Wildman–Crippen MR) is 130 cm³/mol. The fourth-order valence-corrected chi connectivity index (χ4v) is 6.62. The van der Waals surface area contributed by atoms with Crippen molar-refractivity contribution in [3.05, 3.63) is 59.7 Å². The van der Waals surface area contributed by atoms with Crippen LogP contribution in [-0.4, -0.2) is 25.4 Å². The number of hydrogen-bond acceptors (Lipinski definition) is 2. The molecule has 2 saturated carbocycles. The van der Waals surface area contributed by atoms with E-state index in [4.69, 9.17) is 9.47 Å². The van der Waals surface area contributed by atoms with Crippen LogP contribution in [0.15, 0.2) is 48.5 Å². The molecule has 0 radical (unpaired) electrons. The van der Waals surface area contributed by atoms with Crippen LogP contribution in [0.5, 0.6) is 0 Å². The van der Waals surface area contributed by atoms with Crippen molar-refractivity contribution in [3.63, 3.8) is 0 Å². The Morgan fingerprint density at radius 3 is 1.69 bits per heavy atom. The smallest absolute Gasteiger partial charge is 0.0850 e. The highest BCUT2D eigenvalue weighted by Crippen LogP contribution is 2.45. The molecule has 2 aromatic carbocycles. The Balaban J connectivity index is 0.994. The molecule has 2 aliphatic heterocycles. The molecular formula is C30H38O2. The predicted octanol–water partition coefficient (Wildman–Crippen LogP) is 7.16. The van der Waals surface area contributed by atoms with Gasteiger partial charge < -0.3 is 9.47 Å². The fourth-order valence-electron chi connectivity index (χ4n) is 6.62. The van der Waals surface area contributed by atoms with Gasteiger partial charge in [-0.2, -0.15) is 0 Å². The van der Waals surface area contributed by atoms with Crippen LogP contribution < -0.4 is 0 Å². The van der Waals surface area contributed by atoms with Crippen molar-refractivity contribution in [2.75, 3.05) is 13.2 Å². The fraction of sp³-hybridized carbons (Fsp3) is 0.600. The summed E-state index contributed by atoms with van der Waals surface area (Å²) in [5.41, 5.74) is 5.60. The van der Waals surface area contributed by atoms with E-state index in [0.717, 1.165) is 43.3 Å². The normalized spacial score (nSPS) is 34.2. The van der Waals surface area contributed by atoms with Gasteiger partial charge in [-0.05, 0) is 90.9 Å². The number of epoxide rings is 2. The summed E-state index contributed by atoms with van der Waals surface area (Å²) >= 11 is 0. The van der Waals surface area contributed by atoms with Gasteiger partial charge in [-0.1, -0.05) is 61.4 Å². The summed E-state index contributed by atoms with van der Waals surface area (Å²) in [6, 6.07) is 18.5. The zero-order valence-electron chi connectivity index (χ0n) is 19.4. The first kappa shape index (κ1) is 20.9. The van der Waals surface area contributed by atoms with Gasteiger partial charge in [0.1, 0.15) is 0 Å². The van der Waals surface area contributed by atoms with E-state index in [0.29, 0.717) is 12.2 Å². The molecule has 0 N–H and O–H groups in total. The molecule has 2 unspecified atom stereocenters. The van der Waals surface area contributed by atoms with E-state index < -0.39 is 0 Å². The van der Waals surface area contributed by atoms with E-state index in [1.54, 1.807) is 5.56 Å². The standard InChI is InChI=1S/C30H38O2/c1-5-23(6-2-21(1)17-29-19-31-29)25-9-13-27(14-10-25)28-15-11-26(12-16-28)24-7-3-22(4-8-24)18-30-20-32-30/h1-2,5-6,9-10,13-14,22,24,26,28-30H,3-4,7-8,11-12,15-20H2. The molecule has 2 aromatic rings. The molecule has 4 fully saturated rings. The second-order valence-electron chi connectivity index (χ2n) is 11.1. The van der Waals surface area contributed by atoms with Gasteiger partial charge in [0.25, 0.3) is 0 Å². The van der Waals surface area contributed by atoms with Gasteiger partial charge in [-0.3, -0.25) is 0 Å². The van der Waals surface area contributed by atoms with Crippen molar-refractivity contribution in [1.29, 1.82) is 0 Å². The minimum absolute atomic E-state index is 0.465. The largest absolute Gasteiger partial charge is 0.373 e. The summed E-state index contributed by atoms with van der Waals surface area (Å²) in [7, 11) is 0. The Kier molecular flexibility index (Phi) is 6.09. The quantitative estimate of drug-likeness (QED) is 0.435. The lowest BCUT2D eigenvalue weighted by molar-refractivity contribution is 0.152. The zero-order valence-corrected chi connectivity index (χ0v) is 19.4. The van der Waals surface area contributed by atoms with E-state index in [9.17, 15) is 0 Å². The Morgan fingerprint density at radius 1 is 0.594 bits per heavy atom. The second-order valence-corrected chi connectivity index (χ2v) is 11.1. The average Bonchev–Trinajstić information content (AvgIpc) is 3.78. The van der Waals surface area contributed by atoms with Crippen molar-refractivity contribution in [1.82, 2.24) is 0 Å². The van der Waals surface area contributed by atoms with Crippen LogP contribution in [0.2, 0.25) is 0 Å². The van der Waals surface area contributed by atoms with Crippen LogP contribution in [0.25, 0.3) is 11.1 Å². The molecule has 2 heterocycles. The highest BCUT2D eigenvalue weighted by molar-refractivity contribution is 5.64. The monoisotopic (exact) mass is 430 g/mol. The highest BCUT2D eigenvalue weighted by atomic mass is 16.6. The number of benzene rings is 2. The van der Waals surface area contributed by atoms with Crippen LogP contribution in [0.1, 0.15) is 74.8 Å². The van der Waals surface area contributed by atoms with Crippen LogP contribution >= 0.6 is 0 Å². The van der Waals surface area contributed by atoms with Crippen LogP contribution in [0.3, 0.4) is 0 Å². The zero-order chi connectivity index (χ0) is 21.3. The van der Waals surface area contributed by atoms with E-state index in [1.165, 1.54) is 74.5 Å². The summed E-state index contributed by atoms with van der Waals surface area (Å²) in [6.07, 6.45) is 15.0. The molecule has 2 nitrogen and oxygen atoms in total. The summed E-state index contributed by atoms with van der Waals surface area (Å²) in [5.74, 6) is 3.72. The first-order chi connectivity index (χ1) is 15.8. The van der Waals surface area contributed by atoms with Gasteiger partial charge in [-0.25, -0.2) is 0 Å². The van der Waals surface area contributed by atoms with E-state index in [-0.39, 0.29) is 0 Å². The minimum Gasteiger partial charge on any atom is -0.373 e. The Labute approximate surface area is 193 Å². The molecule has 0 spiro atoms.